The molecule has 3 fully saturated rings. The fourth-order valence-corrected chi connectivity index (χ4v) is 5.02. The van der Waals surface area contributed by atoms with E-state index in [0.717, 1.165) is 12.5 Å². The van der Waals surface area contributed by atoms with E-state index >= 15 is 0 Å². The largest absolute Gasteiger partial charge is 0.382 e. The second-order valence-corrected chi connectivity index (χ2v) is 9.38. The minimum Gasteiger partial charge on any atom is -0.382 e. The average molecular weight is 461 g/mol. The number of aromatic nitrogens is 4. The van der Waals surface area contributed by atoms with Crippen molar-refractivity contribution in [3.63, 3.8) is 0 Å². The molecule has 0 aromatic carbocycles. The molecule has 11 heteroatoms. The van der Waals surface area contributed by atoms with Gasteiger partial charge in [0.2, 0.25) is 0 Å². The predicted molar refractivity (Wildman–Crippen MR) is 117 cm³/mol. The molecule has 11 nitrogen and oxygen atoms in total. The van der Waals surface area contributed by atoms with Crippen molar-refractivity contribution in [3.8, 4) is 0 Å². The summed E-state index contributed by atoms with van der Waals surface area (Å²) >= 11 is 0. The van der Waals surface area contributed by atoms with E-state index in [4.69, 9.17) is 29.5 Å². The number of hydrogen-bond acceptors (Lipinski definition) is 10. The van der Waals surface area contributed by atoms with Crippen molar-refractivity contribution < 1.29 is 23.8 Å². The Bertz CT molecular complexity index is 985. The number of rotatable bonds is 7. The van der Waals surface area contributed by atoms with Gasteiger partial charge in [-0.05, 0) is 32.6 Å². The van der Waals surface area contributed by atoms with E-state index in [1.165, 1.54) is 38.4 Å². The number of anilines is 1. The summed E-state index contributed by atoms with van der Waals surface area (Å²) < 4.78 is 20.8. The van der Waals surface area contributed by atoms with Crippen LogP contribution in [-0.4, -0.2) is 62.4 Å². The highest BCUT2D eigenvalue weighted by Crippen LogP contribution is 2.44. The number of nitrogens with zero attached hydrogens (tertiary/aromatic N) is 4. The monoisotopic (exact) mass is 460 g/mol. The average Bonchev–Trinajstić information content (AvgIpc) is 3.39. The van der Waals surface area contributed by atoms with Crippen LogP contribution in [-0.2, 0) is 23.8 Å². The normalized spacial score (nSPS) is 32.0. The lowest BCUT2D eigenvalue weighted by molar-refractivity contribution is -0.196. The topological polar surface area (TPSA) is 143 Å². The third kappa shape index (κ3) is 4.92. The molecule has 2 aromatic heterocycles. The molecule has 5 rings (SSSR count). The van der Waals surface area contributed by atoms with E-state index in [2.05, 4.69) is 27.2 Å². The number of fused-ring (bicyclic) bond motifs is 2. The van der Waals surface area contributed by atoms with Crippen molar-refractivity contribution in [1.29, 1.82) is 0 Å². The Hall–Kier alpha value is -2.43. The fraction of sp³-hybridized carbons (Fsp3) is 0.727. The van der Waals surface area contributed by atoms with Gasteiger partial charge in [-0.15, -0.1) is 0 Å². The van der Waals surface area contributed by atoms with Gasteiger partial charge in [-0.3, -0.25) is 4.57 Å². The van der Waals surface area contributed by atoms with E-state index in [-0.39, 0.29) is 30.7 Å². The first-order valence-corrected chi connectivity index (χ1v) is 11.5. The Morgan fingerprint density at radius 3 is 2.67 bits per heavy atom. The second kappa shape index (κ2) is 9.82. The summed E-state index contributed by atoms with van der Waals surface area (Å²) in [6, 6.07) is 0.574. The third-order valence-corrected chi connectivity index (χ3v) is 6.60. The van der Waals surface area contributed by atoms with Crippen molar-refractivity contribution in [2.75, 3.05) is 12.3 Å². The molecule has 1 saturated carbocycles. The van der Waals surface area contributed by atoms with E-state index in [1.807, 2.05) is 18.4 Å². The quantitative estimate of drug-likeness (QED) is 0.627. The van der Waals surface area contributed by atoms with Gasteiger partial charge in [-0.1, -0.05) is 26.2 Å². The first kappa shape index (κ1) is 23.7. The maximum absolute atomic E-state index is 8.12. The van der Waals surface area contributed by atoms with Gasteiger partial charge in [-0.2, -0.15) is 9.59 Å². The molecule has 33 heavy (non-hydrogen) atoms. The molecular formula is C22H32N6O5. The SMILES string of the molecule is CCCCC1CC(NC[C@H]2O[C@@H](n3cnc4c(N)ncnc43)[C@@H]3OC(C)(C)O[C@@H]32)C1.O=C=O. The van der Waals surface area contributed by atoms with Crippen LogP contribution in [0.1, 0.15) is 59.1 Å². The number of hydrogen-bond donors (Lipinski definition) is 2. The number of ether oxygens (including phenoxy) is 3. The Labute approximate surface area is 192 Å². The summed E-state index contributed by atoms with van der Waals surface area (Å²) in [4.78, 5) is 29.0. The molecule has 4 atom stereocenters. The smallest absolute Gasteiger partial charge is 0.373 e. The van der Waals surface area contributed by atoms with Gasteiger partial charge in [0.05, 0.1) is 6.33 Å². The summed E-state index contributed by atoms with van der Waals surface area (Å²) in [7, 11) is 0. The summed E-state index contributed by atoms with van der Waals surface area (Å²) in [5.74, 6) is 0.583. The van der Waals surface area contributed by atoms with Crippen molar-refractivity contribution in [2.24, 2.45) is 5.92 Å². The van der Waals surface area contributed by atoms with Crippen molar-refractivity contribution >= 4 is 23.1 Å². The first-order chi connectivity index (χ1) is 15.9. The van der Waals surface area contributed by atoms with Crippen molar-refractivity contribution in [2.45, 2.75) is 89.2 Å². The van der Waals surface area contributed by atoms with E-state index in [1.54, 1.807) is 6.33 Å². The molecule has 4 heterocycles. The van der Waals surface area contributed by atoms with Gasteiger partial charge < -0.3 is 25.3 Å². The molecule has 3 N–H and O–H groups in total. The van der Waals surface area contributed by atoms with Crippen molar-refractivity contribution in [1.82, 2.24) is 24.8 Å². The van der Waals surface area contributed by atoms with E-state index in [9.17, 15) is 0 Å². The van der Waals surface area contributed by atoms with Gasteiger partial charge in [0.15, 0.2) is 23.5 Å². The lowest BCUT2D eigenvalue weighted by Crippen LogP contribution is -2.46. The Morgan fingerprint density at radius 1 is 1.21 bits per heavy atom. The van der Waals surface area contributed by atoms with Gasteiger partial charge in [0, 0.05) is 12.6 Å². The minimum absolute atomic E-state index is 0.104. The maximum Gasteiger partial charge on any atom is 0.373 e. The number of nitrogens with one attached hydrogen (secondary N) is 1. The Balaban J connectivity index is 0.000000821. The molecule has 3 aliphatic rings. The highest BCUT2D eigenvalue weighted by atomic mass is 16.8. The fourth-order valence-electron chi connectivity index (χ4n) is 5.02. The minimum atomic E-state index is -0.651. The number of nitrogen functional groups attached to an aromatic ring is 1. The summed E-state index contributed by atoms with van der Waals surface area (Å²) in [5, 5.41) is 3.69. The van der Waals surface area contributed by atoms with Crippen LogP contribution in [0.2, 0.25) is 0 Å². The Kier molecular flexibility index (Phi) is 7.06. The molecular weight excluding hydrogens is 428 g/mol. The molecule has 2 aromatic rings. The van der Waals surface area contributed by atoms with Gasteiger partial charge in [-0.25, -0.2) is 15.0 Å². The molecule has 0 radical (unpaired) electrons. The van der Waals surface area contributed by atoms with E-state index < -0.39 is 5.79 Å². The molecule has 1 aliphatic carbocycles. The summed E-state index contributed by atoms with van der Waals surface area (Å²) in [5.41, 5.74) is 7.17. The zero-order chi connectivity index (χ0) is 23.6. The highest BCUT2D eigenvalue weighted by molar-refractivity contribution is 5.81. The predicted octanol–water partition coefficient (Wildman–Crippen LogP) is 1.80. The molecule has 2 saturated heterocycles. The van der Waals surface area contributed by atoms with E-state index in [0.29, 0.717) is 23.0 Å². The van der Waals surface area contributed by atoms with Crippen molar-refractivity contribution in [3.05, 3.63) is 12.7 Å². The van der Waals surface area contributed by atoms with Crippen LogP contribution >= 0.6 is 0 Å². The van der Waals surface area contributed by atoms with Crippen LogP contribution in [0.15, 0.2) is 12.7 Å². The lowest BCUT2D eigenvalue weighted by atomic mass is 9.77. The Morgan fingerprint density at radius 2 is 1.94 bits per heavy atom. The standard InChI is InChI=1S/C21H32N6O3.CO2/c1-4-5-6-12-7-13(8-12)23-9-14-16-17(30-21(2,3)29-16)20(28-14)27-11-26-15-18(22)24-10-25-19(15)27;2-1-3/h10-14,16-17,20,23H,4-9H2,1-3H3,(H2,22,24,25);/t12?,13?,14-,16-,17-,20-;/m1./s1. The molecule has 0 unspecified atom stereocenters. The summed E-state index contributed by atoms with van der Waals surface area (Å²) in [6.45, 7) is 6.90. The second-order valence-electron chi connectivity index (χ2n) is 9.38. The molecule has 2 aliphatic heterocycles. The first-order valence-electron chi connectivity index (χ1n) is 11.5. The van der Waals surface area contributed by atoms with Crippen LogP contribution in [0.4, 0.5) is 5.82 Å². The van der Waals surface area contributed by atoms with Gasteiger partial charge >= 0.3 is 6.15 Å². The van der Waals surface area contributed by atoms with Crippen LogP contribution in [0.5, 0.6) is 0 Å². The number of unbranched alkanes of at least 4 members (excludes halogenated alkanes) is 1. The van der Waals surface area contributed by atoms with Crippen LogP contribution in [0.3, 0.4) is 0 Å². The van der Waals surface area contributed by atoms with Crippen LogP contribution in [0, 0.1) is 5.92 Å². The number of nitrogens with two attached hydrogens (primary N) is 1. The maximum atomic E-state index is 8.12. The van der Waals surface area contributed by atoms with Crippen LogP contribution in [0.25, 0.3) is 11.2 Å². The molecule has 0 bridgehead atoms. The number of imidazole rings is 1. The number of carbonyl (C=O) groups excluding carboxylic acids is 2. The zero-order valence-electron chi connectivity index (χ0n) is 19.3. The molecule has 0 amide bonds. The molecule has 0 spiro atoms. The third-order valence-electron chi connectivity index (χ3n) is 6.60. The summed E-state index contributed by atoms with van der Waals surface area (Å²) in [6.07, 6.45) is 9.02. The highest BCUT2D eigenvalue weighted by Gasteiger charge is 2.56. The zero-order valence-corrected chi connectivity index (χ0v) is 19.3. The van der Waals surface area contributed by atoms with Crippen LogP contribution < -0.4 is 11.1 Å². The lowest BCUT2D eigenvalue weighted by Gasteiger charge is -2.37. The van der Waals surface area contributed by atoms with Gasteiger partial charge in [0.1, 0.15) is 30.2 Å². The molecule has 180 valence electrons. The van der Waals surface area contributed by atoms with Gasteiger partial charge in [0.25, 0.3) is 0 Å².